The van der Waals surface area contributed by atoms with Gasteiger partial charge in [0.05, 0.1) is 0 Å². The molecule has 14 heavy (non-hydrogen) atoms. The second kappa shape index (κ2) is 10.6. The van der Waals surface area contributed by atoms with Crippen LogP contribution < -0.4 is 10.6 Å². The second-order valence-electron chi connectivity index (χ2n) is 2.82. The van der Waals surface area contributed by atoms with Crippen LogP contribution in [0, 0.1) is 0 Å². The molecule has 3 nitrogen and oxygen atoms in total. The van der Waals surface area contributed by atoms with Gasteiger partial charge in [0.1, 0.15) is 0 Å². The molecule has 0 aromatic rings. The number of thioether (sulfide) groups is 1. The number of rotatable bonds is 9. The Morgan fingerprint density at radius 1 is 1.50 bits per heavy atom. The van der Waals surface area contributed by atoms with E-state index in [0.717, 1.165) is 31.1 Å². The van der Waals surface area contributed by atoms with Gasteiger partial charge in [0, 0.05) is 31.0 Å². The second-order valence-corrected chi connectivity index (χ2v) is 3.97. The molecule has 0 saturated carbocycles. The summed E-state index contributed by atoms with van der Waals surface area (Å²) < 4.78 is 0. The molecular weight excluding hydrogens is 196 g/mol. The lowest BCUT2D eigenvalue weighted by atomic mass is 10.4. The van der Waals surface area contributed by atoms with Crippen LogP contribution in [0.4, 0.5) is 0 Å². The van der Waals surface area contributed by atoms with Crippen LogP contribution in [-0.2, 0) is 4.79 Å². The van der Waals surface area contributed by atoms with E-state index in [9.17, 15) is 4.79 Å². The van der Waals surface area contributed by atoms with Crippen molar-refractivity contribution in [1.29, 1.82) is 0 Å². The van der Waals surface area contributed by atoms with Crippen molar-refractivity contribution in [2.45, 2.75) is 13.3 Å². The standard InChI is InChI=1S/C10H20N2OS/c1-3-8-14-9-7-12-10(13)5-6-11-4-2/h3,11H,1,4-9H2,2H3,(H,12,13). The van der Waals surface area contributed by atoms with Gasteiger partial charge in [0.2, 0.25) is 5.91 Å². The third-order valence-electron chi connectivity index (χ3n) is 1.58. The maximum atomic E-state index is 11.2. The minimum Gasteiger partial charge on any atom is -0.355 e. The van der Waals surface area contributed by atoms with E-state index in [4.69, 9.17) is 0 Å². The summed E-state index contributed by atoms with van der Waals surface area (Å²) in [6.07, 6.45) is 2.44. The van der Waals surface area contributed by atoms with Gasteiger partial charge in [-0.2, -0.15) is 11.8 Å². The summed E-state index contributed by atoms with van der Waals surface area (Å²) in [5, 5.41) is 5.98. The van der Waals surface area contributed by atoms with E-state index in [1.165, 1.54) is 0 Å². The third-order valence-corrected chi connectivity index (χ3v) is 2.55. The Morgan fingerprint density at radius 2 is 2.29 bits per heavy atom. The fourth-order valence-electron chi connectivity index (χ4n) is 0.896. The highest BCUT2D eigenvalue weighted by atomic mass is 32.2. The van der Waals surface area contributed by atoms with E-state index in [1.54, 1.807) is 11.8 Å². The number of hydrogen-bond acceptors (Lipinski definition) is 3. The van der Waals surface area contributed by atoms with Crippen LogP contribution in [0.25, 0.3) is 0 Å². The molecule has 0 heterocycles. The first kappa shape index (κ1) is 13.5. The highest BCUT2D eigenvalue weighted by Crippen LogP contribution is 1.96. The molecule has 4 heteroatoms. The van der Waals surface area contributed by atoms with Crippen molar-refractivity contribution in [1.82, 2.24) is 10.6 Å². The van der Waals surface area contributed by atoms with Gasteiger partial charge in [-0.1, -0.05) is 13.0 Å². The Bertz CT molecular complexity index is 162. The quantitative estimate of drug-likeness (QED) is 0.447. The van der Waals surface area contributed by atoms with Crippen LogP contribution in [0.5, 0.6) is 0 Å². The van der Waals surface area contributed by atoms with E-state index in [-0.39, 0.29) is 5.91 Å². The van der Waals surface area contributed by atoms with E-state index < -0.39 is 0 Å². The van der Waals surface area contributed by atoms with Crippen LogP contribution in [0.1, 0.15) is 13.3 Å². The maximum absolute atomic E-state index is 11.2. The Balaban J connectivity index is 3.14. The Morgan fingerprint density at radius 3 is 2.93 bits per heavy atom. The summed E-state index contributed by atoms with van der Waals surface area (Å²) in [5.41, 5.74) is 0. The van der Waals surface area contributed by atoms with Gasteiger partial charge >= 0.3 is 0 Å². The lowest BCUT2D eigenvalue weighted by Crippen LogP contribution is -2.29. The number of carbonyl (C=O) groups excluding carboxylic acids is 1. The van der Waals surface area contributed by atoms with E-state index >= 15 is 0 Å². The van der Waals surface area contributed by atoms with E-state index in [1.807, 2.05) is 13.0 Å². The molecule has 82 valence electrons. The van der Waals surface area contributed by atoms with Gasteiger partial charge in [0.15, 0.2) is 0 Å². The molecule has 0 fully saturated rings. The van der Waals surface area contributed by atoms with Gasteiger partial charge in [-0.05, 0) is 6.54 Å². The number of amides is 1. The molecule has 0 aliphatic heterocycles. The van der Waals surface area contributed by atoms with Gasteiger partial charge in [0.25, 0.3) is 0 Å². The molecule has 2 N–H and O–H groups in total. The highest BCUT2D eigenvalue weighted by Gasteiger charge is 1.98. The lowest BCUT2D eigenvalue weighted by molar-refractivity contribution is -0.120. The van der Waals surface area contributed by atoms with Crippen molar-refractivity contribution in [2.24, 2.45) is 0 Å². The predicted molar refractivity (Wildman–Crippen MR) is 63.7 cm³/mol. The fourth-order valence-corrected chi connectivity index (χ4v) is 1.48. The number of carbonyl (C=O) groups is 1. The molecule has 0 saturated heterocycles. The van der Waals surface area contributed by atoms with Crippen molar-refractivity contribution in [3.05, 3.63) is 12.7 Å². The average Bonchev–Trinajstić information content (AvgIpc) is 2.18. The Labute approximate surface area is 90.7 Å². The smallest absolute Gasteiger partial charge is 0.221 e. The van der Waals surface area contributed by atoms with Crippen LogP contribution in [0.3, 0.4) is 0 Å². The first-order valence-corrected chi connectivity index (χ1v) is 6.12. The number of nitrogens with one attached hydrogen (secondary N) is 2. The molecule has 1 amide bonds. The molecule has 0 spiro atoms. The molecule has 0 atom stereocenters. The summed E-state index contributed by atoms with van der Waals surface area (Å²) in [6, 6.07) is 0. The summed E-state index contributed by atoms with van der Waals surface area (Å²) in [6.45, 7) is 8.10. The van der Waals surface area contributed by atoms with Crippen LogP contribution >= 0.6 is 11.8 Å². The maximum Gasteiger partial charge on any atom is 0.221 e. The van der Waals surface area contributed by atoms with Crippen LogP contribution in [-0.4, -0.2) is 37.0 Å². The minimum absolute atomic E-state index is 0.130. The molecular formula is C10H20N2OS. The van der Waals surface area contributed by atoms with Crippen molar-refractivity contribution in [3.63, 3.8) is 0 Å². The summed E-state index contributed by atoms with van der Waals surface area (Å²) in [5.74, 6) is 2.04. The molecule has 0 aliphatic rings. The van der Waals surface area contributed by atoms with Crippen molar-refractivity contribution in [2.75, 3.05) is 31.1 Å². The first-order valence-electron chi connectivity index (χ1n) is 4.97. The monoisotopic (exact) mass is 216 g/mol. The van der Waals surface area contributed by atoms with Crippen molar-refractivity contribution in [3.8, 4) is 0 Å². The van der Waals surface area contributed by atoms with E-state index in [0.29, 0.717) is 6.42 Å². The van der Waals surface area contributed by atoms with Gasteiger partial charge < -0.3 is 10.6 Å². The van der Waals surface area contributed by atoms with Gasteiger partial charge in [-0.3, -0.25) is 4.79 Å². The van der Waals surface area contributed by atoms with Crippen LogP contribution in [0.2, 0.25) is 0 Å². The lowest BCUT2D eigenvalue weighted by Gasteiger charge is -2.04. The Hall–Kier alpha value is -0.480. The summed E-state index contributed by atoms with van der Waals surface area (Å²) in [7, 11) is 0. The van der Waals surface area contributed by atoms with Crippen molar-refractivity contribution >= 4 is 17.7 Å². The molecule has 0 unspecified atom stereocenters. The van der Waals surface area contributed by atoms with Crippen LogP contribution in [0.15, 0.2) is 12.7 Å². The topological polar surface area (TPSA) is 41.1 Å². The zero-order valence-corrected chi connectivity index (χ0v) is 9.66. The molecule has 0 bridgehead atoms. The molecule has 0 aromatic carbocycles. The third kappa shape index (κ3) is 9.61. The molecule has 0 radical (unpaired) electrons. The zero-order valence-electron chi connectivity index (χ0n) is 8.84. The molecule has 0 aliphatic carbocycles. The number of hydrogen-bond donors (Lipinski definition) is 2. The zero-order chi connectivity index (χ0) is 10.6. The normalized spacial score (nSPS) is 9.79. The average molecular weight is 216 g/mol. The molecule has 0 aromatic heterocycles. The van der Waals surface area contributed by atoms with E-state index in [2.05, 4.69) is 17.2 Å². The fraction of sp³-hybridized carbons (Fsp3) is 0.700. The molecule has 0 rings (SSSR count). The SMILES string of the molecule is C=CCSCCNC(=O)CCNCC. The largest absolute Gasteiger partial charge is 0.355 e. The van der Waals surface area contributed by atoms with Crippen molar-refractivity contribution < 1.29 is 4.79 Å². The Kier molecular flexibility index (Phi) is 10.2. The minimum atomic E-state index is 0.130. The summed E-state index contributed by atoms with van der Waals surface area (Å²) in [4.78, 5) is 11.2. The predicted octanol–water partition coefficient (Wildman–Crippen LogP) is 1.02. The summed E-state index contributed by atoms with van der Waals surface area (Å²) >= 11 is 1.78. The highest BCUT2D eigenvalue weighted by molar-refractivity contribution is 7.99. The first-order chi connectivity index (χ1) is 6.81. The van der Waals surface area contributed by atoms with Gasteiger partial charge in [-0.15, -0.1) is 6.58 Å². The van der Waals surface area contributed by atoms with Gasteiger partial charge in [-0.25, -0.2) is 0 Å².